The molecule has 10 heteroatoms. The summed E-state index contributed by atoms with van der Waals surface area (Å²) >= 11 is 11.9. The lowest BCUT2D eigenvalue weighted by Gasteiger charge is -2.26. The Morgan fingerprint density at radius 2 is 2.00 bits per heavy atom. The number of benzene rings is 2. The Morgan fingerprint density at radius 1 is 1.28 bits per heavy atom. The van der Waals surface area contributed by atoms with Gasteiger partial charge in [0.25, 0.3) is 0 Å². The lowest BCUT2D eigenvalue weighted by atomic mass is 9.86. The molecule has 0 unspecified atom stereocenters. The van der Waals surface area contributed by atoms with Crippen LogP contribution in [0.5, 0.6) is 0 Å². The fourth-order valence-electron chi connectivity index (χ4n) is 3.41. The second-order valence-electron chi connectivity index (χ2n) is 6.93. The predicted octanol–water partition coefficient (Wildman–Crippen LogP) is 3.27. The predicted molar refractivity (Wildman–Crippen MR) is 107 cm³/mol. The minimum absolute atomic E-state index is 0.0507. The number of rotatable bonds is 5. The third kappa shape index (κ3) is 4.26. The van der Waals surface area contributed by atoms with Gasteiger partial charge in [0, 0.05) is 24.0 Å². The van der Waals surface area contributed by atoms with Gasteiger partial charge in [-0.3, -0.25) is 0 Å². The normalized spacial score (nSPS) is 22.6. The first-order valence-corrected chi connectivity index (χ1v) is 10.7. The third-order valence-electron chi connectivity index (χ3n) is 5.03. The van der Waals surface area contributed by atoms with E-state index in [0.717, 1.165) is 4.31 Å². The number of hydrogen-bond donors (Lipinski definition) is 2. The van der Waals surface area contributed by atoms with Crippen molar-refractivity contribution in [1.82, 2.24) is 4.31 Å². The summed E-state index contributed by atoms with van der Waals surface area (Å²) in [5.41, 5.74) is -1.35. The van der Waals surface area contributed by atoms with E-state index in [2.05, 4.69) is 4.85 Å². The van der Waals surface area contributed by atoms with Crippen LogP contribution in [0.2, 0.25) is 10.0 Å². The molecule has 2 aromatic rings. The van der Waals surface area contributed by atoms with Gasteiger partial charge in [-0.15, -0.1) is 0 Å². The lowest BCUT2D eigenvalue weighted by Crippen LogP contribution is -2.43. The average Bonchev–Trinajstić information content (AvgIpc) is 2.99. The lowest BCUT2D eigenvalue weighted by molar-refractivity contribution is -0.0340. The molecule has 6 nitrogen and oxygen atoms in total. The Bertz CT molecular complexity index is 1090. The van der Waals surface area contributed by atoms with Crippen LogP contribution in [0.25, 0.3) is 4.85 Å². The Kier molecular flexibility index (Phi) is 6.20. The van der Waals surface area contributed by atoms with Gasteiger partial charge in [-0.25, -0.2) is 17.7 Å². The van der Waals surface area contributed by atoms with E-state index in [-0.39, 0.29) is 40.1 Å². The maximum atomic E-state index is 13.9. The molecule has 0 bridgehead atoms. The van der Waals surface area contributed by atoms with E-state index in [9.17, 15) is 23.0 Å². The number of nitrogens with zero attached hydrogens (tertiary/aromatic N) is 2. The molecule has 0 aliphatic carbocycles. The SMILES string of the molecule is [C-]#[N+]c1ccc(C[C@H]2CN(S(=O)(=O)c3ccc(Cl)cc3Cl)C[C@]2(O)CO)cc1F. The Hall–Kier alpha value is -1.73. The summed E-state index contributed by atoms with van der Waals surface area (Å²) in [6.07, 6.45) is 0.118. The second-order valence-corrected chi connectivity index (χ2v) is 9.68. The average molecular weight is 459 g/mol. The van der Waals surface area contributed by atoms with E-state index in [1.807, 2.05) is 0 Å². The van der Waals surface area contributed by atoms with Crippen molar-refractivity contribution in [2.75, 3.05) is 19.7 Å². The van der Waals surface area contributed by atoms with Gasteiger partial charge in [0.15, 0.2) is 0 Å². The van der Waals surface area contributed by atoms with Gasteiger partial charge in [-0.1, -0.05) is 35.3 Å². The van der Waals surface area contributed by atoms with E-state index in [4.69, 9.17) is 29.8 Å². The van der Waals surface area contributed by atoms with Gasteiger partial charge in [-0.05, 0) is 36.2 Å². The number of hydrogen-bond acceptors (Lipinski definition) is 4. The highest BCUT2D eigenvalue weighted by atomic mass is 35.5. The zero-order chi connectivity index (χ0) is 21.4. The van der Waals surface area contributed by atoms with Crippen molar-refractivity contribution in [3.63, 3.8) is 0 Å². The van der Waals surface area contributed by atoms with Gasteiger partial charge in [0.2, 0.25) is 15.7 Å². The van der Waals surface area contributed by atoms with Crippen molar-refractivity contribution >= 4 is 38.9 Å². The summed E-state index contributed by atoms with van der Waals surface area (Å²) in [5, 5.41) is 20.8. The quantitative estimate of drug-likeness (QED) is 0.673. The number of β-amino-alcohol motifs (C(OH)–C–C–N with tert-alkyl or cyclic N) is 1. The van der Waals surface area contributed by atoms with Crippen LogP contribution in [-0.4, -0.2) is 48.2 Å². The van der Waals surface area contributed by atoms with Crippen LogP contribution in [0, 0.1) is 18.3 Å². The summed E-state index contributed by atoms with van der Waals surface area (Å²) < 4.78 is 41.0. The van der Waals surface area contributed by atoms with E-state index < -0.39 is 34.0 Å². The molecule has 0 amide bonds. The highest BCUT2D eigenvalue weighted by Crippen LogP contribution is 2.36. The molecular formula is C19H17Cl2FN2O4S. The third-order valence-corrected chi connectivity index (χ3v) is 7.56. The minimum Gasteiger partial charge on any atom is -0.393 e. The molecule has 3 rings (SSSR count). The van der Waals surface area contributed by atoms with Crippen LogP contribution in [0.15, 0.2) is 41.3 Å². The van der Waals surface area contributed by atoms with Gasteiger partial charge < -0.3 is 10.2 Å². The molecule has 0 saturated carbocycles. The van der Waals surface area contributed by atoms with Crippen molar-refractivity contribution in [3.05, 3.63) is 69.2 Å². The topological polar surface area (TPSA) is 82.2 Å². The molecule has 154 valence electrons. The van der Waals surface area contributed by atoms with Gasteiger partial charge in [0.1, 0.15) is 16.3 Å². The fourth-order valence-corrected chi connectivity index (χ4v) is 5.70. The Morgan fingerprint density at radius 3 is 2.59 bits per heavy atom. The van der Waals surface area contributed by atoms with Crippen molar-refractivity contribution in [2.24, 2.45) is 5.92 Å². The molecular weight excluding hydrogens is 442 g/mol. The van der Waals surface area contributed by atoms with Crippen molar-refractivity contribution < 1.29 is 23.0 Å². The molecule has 0 radical (unpaired) electrons. The zero-order valence-electron chi connectivity index (χ0n) is 15.0. The number of halogens is 3. The standard InChI is InChI=1S/C19H17Cl2FN2O4S/c1-23-17-4-2-12(7-16(17)22)6-13-9-24(10-19(13,26)11-25)29(27,28)18-5-3-14(20)8-15(18)21/h2-5,7-8,13,25-26H,6,9-11H2/t13-,19-/m0/s1. The molecule has 0 aromatic heterocycles. The summed E-state index contributed by atoms with van der Waals surface area (Å²) in [7, 11) is -4.05. The molecule has 1 fully saturated rings. The molecule has 2 N–H and O–H groups in total. The van der Waals surface area contributed by atoms with E-state index in [1.54, 1.807) is 6.07 Å². The van der Waals surface area contributed by atoms with Crippen molar-refractivity contribution in [1.29, 1.82) is 0 Å². The largest absolute Gasteiger partial charge is 0.393 e. The van der Waals surface area contributed by atoms with Gasteiger partial charge in [0.05, 0.1) is 18.2 Å². The highest BCUT2D eigenvalue weighted by Gasteiger charge is 2.49. The molecule has 1 aliphatic rings. The molecule has 0 spiro atoms. The number of sulfonamides is 1. The van der Waals surface area contributed by atoms with Crippen molar-refractivity contribution in [2.45, 2.75) is 16.9 Å². The van der Waals surface area contributed by atoms with Crippen LogP contribution in [-0.2, 0) is 16.4 Å². The summed E-state index contributed by atoms with van der Waals surface area (Å²) in [5.74, 6) is -1.38. The maximum absolute atomic E-state index is 13.9. The van der Waals surface area contributed by atoms with E-state index in [0.29, 0.717) is 5.56 Å². The number of aliphatic hydroxyl groups is 2. The van der Waals surface area contributed by atoms with E-state index >= 15 is 0 Å². The molecule has 1 aliphatic heterocycles. The Labute approximate surface area is 178 Å². The van der Waals surface area contributed by atoms with Crippen LogP contribution >= 0.6 is 23.2 Å². The fraction of sp³-hybridized carbons (Fsp3) is 0.316. The van der Waals surface area contributed by atoms with Crippen LogP contribution in [0.4, 0.5) is 10.1 Å². The Balaban J connectivity index is 1.89. The molecule has 2 atom stereocenters. The van der Waals surface area contributed by atoms with E-state index in [1.165, 1.54) is 30.3 Å². The molecule has 1 saturated heterocycles. The highest BCUT2D eigenvalue weighted by molar-refractivity contribution is 7.89. The monoisotopic (exact) mass is 458 g/mol. The first-order chi connectivity index (χ1) is 13.6. The number of aliphatic hydroxyl groups excluding tert-OH is 1. The summed E-state index contributed by atoms with van der Waals surface area (Å²) in [6, 6.07) is 8.04. The van der Waals surface area contributed by atoms with Crippen LogP contribution in [0.1, 0.15) is 5.56 Å². The smallest absolute Gasteiger partial charge is 0.244 e. The first kappa shape index (κ1) is 22.0. The summed E-state index contributed by atoms with van der Waals surface area (Å²) in [4.78, 5) is 2.90. The maximum Gasteiger partial charge on any atom is 0.244 e. The van der Waals surface area contributed by atoms with Crippen LogP contribution in [0.3, 0.4) is 0 Å². The molecule has 2 aromatic carbocycles. The van der Waals surface area contributed by atoms with Gasteiger partial charge >= 0.3 is 0 Å². The molecule has 29 heavy (non-hydrogen) atoms. The molecule has 1 heterocycles. The summed E-state index contributed by atoms with van der Waals surface area (Å²) in [6.45, 7) is 5.80. The van der Waals surface area contributed by atoms with Crippen LogP contribution < -0.4 is 0 Å². The van der Waals surface area contributed by atoms with Gasteiger partial charge in [-0.2, -0.15) is 4.31 Å². The minimum atomic E-state index is -4.05. The van der Waals surface area contributed by atoms with Crippen molar-refractivity contribution in [3.8, 4) is 0 Å². The zero-order valence-corrected chi connectivity index (χ0v) is 17.3. The second kappa shape index (κ2) is 8.19. The first-order valence-electron chi connectivity index (χ1n) is 8.55.